The van der Waals surface area contributed by atoms with Crippen LogP contribution < -0.4 is 10.1 Å². The molecule has 3 rings (SSSR count). The molecule has 1 fully saturated rings. The van der Waals surface area contributed by atoms with Crippen LogP contribution in [0.5, 0.6) is 5.75 Å². The summed E-state index contributed by atoms with van der Waals surface area (Å²) < 4.78 is 5.84. The van der Waals surface area contributed by atoms with Gasteiger partial charge in [-0.25, -0.2) is 0 Å². The summed E-state index contributed by atoms with van der Waals surface area (Å²) in [5.74, 6) is 2.80. The Labute approximate surface area is 129 Å². The van der Waals surface area contributed by atoms with Gasteiger partial charge >= 0.3 is 0 Å². The molecule has 1 saturated carbocycles. The van der Waals surface area contributed by atoms with E-state index in [1.807, 2.05) is 0 Å². The number of fused-ring (bicyclic) bond motifs is 1. The fourth-order valence-corrected chi connectivity index (χ4v) is 4.03. The molecule has 2 heteroatoms. The molecule has 1 aliphatic heterocycles. The zero-order valence-electron chi connectivity index (χ0n) is 13.7. The number of rotatable bonds is 4. The van der Waals surface area contributed by atoms with Crippen molar-refractivity contribution < 1.29 is 4.74 Å². The lowest BCUT2D eigenvalue weighted by Gasteiger charge is -2.33. The summed E-state index contributed by atoms with van der Waals surface area (Å²) in [6, 6.07) is 7.37. The summed E-state index contributed by atoms with van der Waals surface area (Å²) in [6.07, 6.45) is 6.90. The van der Waals surface area contributed by atoms with E-state index in [1.165, 1.54) is 36.8 Å². The van der Waals surface area contributed by atoms with E-state index in [0.29, 0.717) is 12.1 Å². The van der Waals surface area contributed by atoms with E-state index in [0.717, 1.165) is 30.6 Å². The lowest BCUT2D eigenvalue weighted by atomic mass is 9.77. The van der Waals surface area contributed by atoms with E-state index >= 15 is 0 Å². The van der Waals surface area contributed by atoms with Gasteiger partial charge in [0.1, 0.15) is 11.9 Å². The molecule has 2 atom stereocenters. The van der Waals surface area contributed by atoms with Gasteiger partial charge in [0.05, 0.1) is 0 Å². The summed E-state index contributed by atoms with van der Waals surface area (Å²) in [5, 5.41) is 3.75. The highest BCUT2D eigenvalue weighted by atomic mass is 16.5. The highest BCUT2D eigenvalue weighted by Gasteiger charge is 2.28. The minimum Gasteiger partial charge on any atom is -0.490 e. The molecule has 2 unspecified atom stereocenters. The lowest BCUT2D eigenvalue weighted by molar-refractivity contribution is 0.233. The smallest absolute Gasteiger partial charge is 0.123 e. The van der Waals surface area contributed by atoms with Crippen molar-refractivity contribution in [1.82, 2.24) is 5.32 Å². The average molecular weight is 287 g/mol. The van der Waals surface area contributed by atoms with Gasteiger partial charge in [-0.2, -0.15) is 0 Å². The monoisotopic (exact) mass is 287 g/mol. The second-order valence-electron chi connectivity index (χ2n) is 7.06. The Morgan fingerprint density at radius 2 is 1.95 bits per heavy atom. The summed E-state index contributed by atoms with van der Waals surface area (Å²) in [5.41, 5.74) is 2.86. The summed E-state index contributed by atoms with van der Waals surface area (Å²) in [7, 11) is 0. The van der Waals surface area contributed by atoms with E-state index < -0.39 is 0 Å². The van der Waals surface area contributed by atoms with Crippen molar-refractivity contribution in [3.05, 3.63) is 29.3 Å². The predicted molar refractivity (Wildman–Crippen MR) is 87.8 cm³/mol. The number of hydrogen-bond acceptors (Lipinski definition) is 2. The Balaban J connectivity index is 1.79. The van der Waals surface area contributed by atoms with Crippen LogP contribution >= 0.6 is 0 Å². The number of hydrogen-bond donors (Lipinski definition) is 1. The van der Waals surface area contributed by atoms with Crippen LogP contribution in [0.4, 0.5) is 0 Å². The first-order valence-corrected chi connectivity index (χ1v) is 8.70. The molecule has 0 amide bonds. The number of ether oxygens (including phenoxy) is 1. The standard InChI is InChI=1S/C19H29NO/c1-4-20-19(15-7-5-13(2)6-8-15)16-9-10-18-17(12-16)11-14(3)21-18/h9-10,12-15,19-20H,4-8,11H2,1-3H3. The predicted octanol–water partition coefficient (Wildman–Crippen LogP) is 4.49. The fraction of sp³-hybridized carbons (Fsp3) is 0.684. The van der Waals surface area contributed by atoms with Crippen LogP contribution in [0.25, 0.3) is 0 Å². The van der Waals surface area contributed by atoms with Crippen molar-refractivity contribution in [2.75, 3.05) is 6.54 Å². The Bertz CT molecular complexity index is 476. The van der Waals surface area contributed by atoms with Gasteiger partial charge in [0.25, 0.3) is 0 Å². The molecule has 0 radical (unpaired) electrons. The first kappa shape index (κ1) is 14.9. The molecular weight excluding hydrogens is 258 g/mol. The third-order valence-electron chi connectivity index (χ3n) is 5.24. The third kappa shape index (κ3) is 3.26. The van der Waals surface area contributed by atoms with Crippen LogP contribution in [0, 0.1) is 11.8 Å². The van der Waals surface area contributed by atoms with Gasteiger partial charge in [-0.3, -0.25) is 0 Å². The molecular formula is C19H29NO. The molecule has 0 aromatic heterocycles. The first-order chi connectivity index (χ1) is 10.2. The van der Waals surface area contributed by atoms with E-state index in [4.69, 9.17) is 4.74 Å². The van der Waals surface area contributed by atoms with Gasteiger partial charge in [-0.05, 0) is 55.3 Å². The van der Waals surface area contributed by atoms with Crippen LogP contribution in [-0.2, 0) is 6.42 Å². The maximum absolute atomic E-state index is 5.84. The van der Waals surface area contributed by atoms with E-state index in [-0.39, 0.29) is 0 Å². The molecule has 116 valence electrons. The highest BCUT2D eigenvalue weighted by Crippen LogP contribution is 2.39. The summed E-state index contributed by atoms with van der Waals surface area (Å²) in [6.45, 7) is 7.81. The van der Waals surface area contributed by atoms with Gasteiger partial charge in [0.15, 0.2) is 0 Å². The number of nitrogens with one attached hydrogen (secondary N) is 1. The molecule has 1 N–H and O–H groups in total. The van der Waals surface area contributed by atoms with Crippen molar-refractivity contribution in [2.24, 2.45) is 11.8 Å². The van der Waals surface area contributed by atoms with Crippen LogP contribution in [0.15, 0.2) is 18.2 Å². The lowest BCUT2D eigenvalue weighted by Crippen LogP contribution is -2.30. The average Bonchev–Trinajstić information content (AvgIpc) is 2.85. The Morgan fingerprint density at radius 1 is 1.19 bits per heavy atom. The molecule has 1 aliphatic carbocycles. The van der Waals surface area contributed by atoms with Crippen molar-refractivity contribution in [3.63, 3.8) is 0 Å². The fourth-order valence-electron chi connectivity index (χ4n) is 4.03. The molecule has 2 nitrogen and oxygen atoms in total. The number of benzene rings is 1. The van der Waals surface area contributed by atoms with Crippen LogP contribution in [0.3, 0.4) is 0 Å². The van der Waals surface area contributed by atoms with Gasteiger partial charge in [0.2, 0.25) is 0 Å². The van der Waals surface area contributed by atoms with Gasteiger partial charge < -0.3 is 10.1 Å². The largest absolute Gasteiger partial charge is 0.490 e. The van der Waals surface area contributed by atoms with Crippen LogP contribution in [0.2, 0.25) is 0 Å². The van der Waals surface area contributed by atoms with Crippen molar-refractivity contribution >= 4 is 0 Å². The van der Waals surface area contributed by atoms with Gasteiger partial charge in [0, 0.05) is 12.5 Å². The second-order valence-corrected chi connectivity index (χ2v) is 7.06. The quantitative estimate of drug-likeness (QED) is 0.881. The first-order valence-electron chi connectivity index (χ1n) is 8.70. The van der Waals surface area contributed by atoms with Gasteiger partial charge in [-0.1, -0.05) is 38.8 Å². The van der Waals surface area contributed by atoms with Crippen LogP contribution in [0.1, 0.15) is 63.6 Å². The van der Waals surface area contributed by atoms with Crippen molar-refractivity contribution in [3.8, 4) is 5.75 Å². The Hall–Kier alpha value is -1.02. The van der Waals surface area contributed by atoms with E-state index in [1.54, 1.807) is 0 Å². The minimum atomic E-state index is 0.336. The topological polar surface area (TPSA) is 21.3 Å². The Kier molecular flexibility index (Phi) is 4.54. The third-order valence-corrected chi connectivity index (χ3v) is 5.24. The zero-order chi connectivity index (χ0) is 14.8. The second kappa shape index (κ2) is 6.39. The van der Waals surface area contributed by atoms with Crippen molar-refractivity contribution in [2.45, 2.75) is 65.0 Å². The molecule has 1 aromatic rings. The molecule has 0 saturated heterocycles. The van der Waals surface area contributed by atoms with E-state index in [2.05, 4.69) is 44.3 Å². The molecule has 0 bridgehead atoms. The molecule has 1 aromatic carbocycles. The molecule has 21 heavy (non-hydrogen) atoms. The van der Waals surface area contributed by atoms with Gasteiger partial charge in [-0.15, -0.1) is 0 Å². The molecule has 0 spiro atoms. The molecule has 1 heterocycles. The Morgan fingerprint density at radius 3 is 2.67 bits per heavy atom. The minimum absolute atomic E-state index is 0.336. The zero-order valence-corrected chi connectivity index (χ0v) is 13.7. The summed E-state index contributed by atoms with van der Waals surface area (Å²) in [4.78, 5) is 0. The van der Waals surface area contributed by atoms with E-state index in [9.17, 15) is 0 Å². The summed E-state index contributed by atoms with van der Waals surface area (Å²) >= 11 is 0. The van der Waals surface area contributed by atoms with Crippen LogP contribution in [-0.4, -0.2) is 12.6 Å². The SMILES string of the molecule is CCNC(c1ccc2c(c1)CC(C)O2)C1CCC(C)CC1. The van der Waals surface area contributed by atoms with Crippen molar-refractivity contribution in [1.29, 1.82) is 0 Å². The molecule has 2 aliphatic rings. The maximum atomic E-state index is 5.84. The highest BCUT2D eigenvalue weighted by molar-refractivity contribution is 5.41. The normalized spacial score (nSPS) is 29.8. The maximum Gasteiger partial charge on any atom is 0.123 e.